The lowest BCUT2D eigenvalue weighted by atomic mass is 10.2. The molecule has 0 bridgehead atoms. The Labute approximate surface area is 182 Å². The van der Waals surface area contributed by atoms with Crippen LogP contribution in [0.3, 0.4) is 0 Å². The van der Waals surface area contributed by atoms with Gasteiger partial charge in [-0.15, -0.1) is 21.5 Å². The fourth-order valence-corrected chi connectivity index (χ4v) is 4.34. The van der Waals surface area contributed by atoms with E-state index in [2.05, 4.69) is 25.6 Å². The highest BCUT2D eigenvalue weighted by Crippen LogP contribution is 2.32. The van der Waals surface area contributed by atoms with Crippen LogP contribution in [-0.4, -0.2) is 30.9 Å². The Morgan fingerprint density at radius 2 is 1.93 bits per heavy atom. The Bertz CT molecular complexity index is 1210. The van der Waals surface area contributed by atoms with Crippen LogP contribution in [0.4, 0.5) is 0 Å². The SMILES string of the molecule is Cc1cc(C)n(-c2ccc(C(=O)NCc3sc(-c4ccccc4Cl)nc3C)nn2)n1. The summed E-state index contributed by atoms with van der Waals surface area (Å²) in [5.74, 6) is 0.273. The molecule has 0 aliphatic rings. The first-order valence-electron chi connectivity index (χ1n) is 9.29. The summed E-state index contributed by atoms with van der Waals surface area (Å²) < 4.78 is 1.70. The van der Waals surface area contributed by atoms with Gasteiger partial charge in [0.15, 0.2) is 11.5 Å². The predicted octanol–water partition coefficient (Wildman–Crippen LogP) is 4.29. The molecule has 4 aromatic rings. The van der Waals surface area contributed by atoms with Gasteiger partial charge in [0, 0.05) is 16.1 Å². The van der Waals surface area contributed by atoms with Crippen molar-refractivity contribution in [3.05, 3.63) is 75.1 Å². The van der Waals surface area contributed by atoms with Gasteiger partial charge in [0.2, 0.25) is 0 Å². The molecule has 0 fully saturated rings. The number of aryl methyl sites for hydroxylation is 3. The first-order valence-corrected chi connectivity index (χ1v) is 10.5. The van der Waals surface area contributed by atoms with E-state index in [0.29, 0.717) is 17.4 Å². The molecular weight excluding hydrogens is 420 g/mol. The highest BCUT2D eigenvalue weighted by Gasteiger charge is 2.14. The highest BCUT2D eigenvalue weighted by atomic mass is 35.5. The first kappa shape index (κ1) is 20.2. The number of carbonyl (C=O) groups is 1. The van der Waals surface area contributed by atoms with Crippen molar-refractivity contribution in [1.29, 1.82) is 0 Å². The molecule has 0 atom stereocenters. The zero-order valence-electron chi connectivity index (χ0n) is 16.7. The van der Waals surface area contributed by atoms with E-state index in [1.54, 1.807) is 16.8 Å². The molecule has 0 saturated heterocycles. The maximum Gasteiger partial charge on any atom is 0.272 e. The summed E-state index contributed by atoms with van der Waals surface area (Å²) in [7, 11) is 0. The van der Waals surface area contributed by atoms with Crippen molar-refractivity contribution in [2.24, 2.45) is 0 Å². The largest absolute Gasteiger partial charge is 0.346 e. The second-order valence-electron chi connectivity index (χ2n) is 6.81. The lowest BCUT2D eigenvalue weighted by molar-refractivity contribution is 0.0945. The molecule has 0 spiro atoms. The highest BCUT2D eigenvalue weighted by molar-refractivity contribution is 7.15. The van der Waals surface area contributed by atoms with Crippen LogP contribution in [0.1, 0.15) is 32.4 Å². The number of rotatable bonds is 5. The van der Waals surface area contributed by atoms with E-state index in [1.165, 1.54) is 11.3 Å². The summed E-state index contributed by atoms with van der Waals surface area (Å²) in [4.78, 5) is 18.1. The molecule has 1 amide bonds. The number of carbonyl (C=O) groups excluding carboxylic acids is 1. The van der Waals surface area contributed by atoms with Gasteiger partial charge in [0.25, 0.3) is 5.91 Å². The summed E-state index contributed by atoms with van der Waals surface area (Å²) in [6.45, 7) is 6.13. The zero-order chi connectivity index (χ0) is 21.3. The van der Waals surface area contributed by atoms with Crippen LogP contribution in [0.2, 0.25) is 5.02 Å². The standard InChI is InChI=1S/C21H19ClN6OS/c1-12-10-13(2)28(27-12)19-9-8-17(25-26-19)20(29)23-11-18-14(3)24-21(30-18)15-6-4-5-7-16(15)22/h4-10H,11H2,1-3H3,(H,23,29). The second kappa shape index (κ2) is 8.33. The quantitative estimate of drug-likeness (QED) is 0.502. The van der Waals surface area contributed by atoms with Crippen LogP contribution in [0, 0.1) is 20.8 Å². The molecule has 152 valence electrons. The van der Waals surface area contributed by atoms with Crippen LogP contribution in [0.15, 0.2) is 42.5 Å². The van der Waals surface area contributed by atoms with E-state index in [0.717, 1.165) is 32.5 Å². The number of hydrogen-bond donors (Lipinski definition) is 1. The van der Waals surface area contributed by atoms with Gasteiger partial charge in [0.05, 0.1) is 23.0 Å². The molecule has 9 heteroatoms. The molecular formula is C21H19ClN6OS. The van der Waals surface area contributed by atoms with Crippen molar-refractivity contribution in [3.63, 3.8) is 0 Å². The monoisotopic (exact) mass is 438 g/mol. The zero-order valence-corrected chi connectivity index (χ0v) is 18.3. The van der Waals surface area contributed by atoms with E-state index in [9.17, 15) is 4.79 Å². The number of nitrogens with zero attached hydrogens (tertiary/aromatic N) is 5. The van der Waals surface area contributed by atoms with E-state index in [4.69, 9.17) is 11.6 Å². The molecule has 0 aliphatic carbocycles. The maximum absolute atomic E-state index is 12.5. The van der Waals surface area contributed by atoms with E-state index in [1.807, 2.05) is 51.1 Å². The molecule has 0 unspecified atom stereocenters. The molecule has 0 aliphatic heterocycles. The molecule has 1 aromatic carbocycles. The van der Waals surface area contributed by atoms with Gasteiger partial charge in [-0.05, 0) is 45.0 Å². The van der Waals surface area contributed by atoms with Gasteiger partial charge in [-0.3, -0.25) is 4.79 Å². The van der Waals surface area contributed by atoms with Gasteiger partial charge in [0.1, 0.15) is 5.01 Å². The Balaban J connectivity index is 1.45. The topological polar surface area (TPSA) is 85.6 Å². The molecule has 4 rings (SSSR count). The van der Waals surface area contributed by atoms with Gasteiger partial charge in [-0.25, -0.2) is 9.67 Å². The molecule has 3 aromatic heterocycles. The van der Waals surface area contributed by atoms with Crippen molar-refractivity contribution in [1.82, 2.24) is 30.3 Å². The fourth-order valence-electron chi connectivity index (χ4n) is 3.01. The number of amides is 1. The average Bonchev–Trinajstić information content (AvgIpc) is 3.27. The third-order valence-electron chi connectivity index (χ3n) is 4.52. The van der Waals surface area contributed by atoms with Crippen molar-refractivity contribution in [2.75, 3.05) is 0 Å². The second-order valence-corrected chi connectivity index (χ2v) is 8.30. The molecule has 1 N–H and O–H groups in total. The van der Waals surface area contributed by atoms with Crippen LogP contribution in [0.5, 0.6) is 0 Å². The Kier molecular flexibility index (Phi) is 5.61. The third kappa shape index (κ3) is 4.10. The minimum Gasteiger partial charge on any atom is -0.346 e. The minimum absolute atomic E-state index is 0.244. The molecule has 3 heterocycles. The van der Waals surface area contributed by atoms with Crippen molar-refractivity contribution < 1.29 is 4.79 Å². The Hall–Kier alpha value is -3.10. The van der Waals surface area contributed by atoms with Crippen LogP contribution in [0.25, 0.3) is 16.4 Å². The van der Waals surface area contributed by atoms with Crippen molar-refractivity contribution in [2.45, 2.75) is 27.3 Å². The van der Waals surface area contributed by atoms with Crippen molar-refractivity contribution in [3.8, 4) is 16.4 Å². The van der Waals surface area contributed by atoms with E-state index in [-0.39, 0.29) is 11.6 Å². The number of aromatic nitrogens is 5. The van der Waals surface area contributed by atoms with Gasteiger partial charge >= 0.3 is 0 Å². The summed E-state index contributed by atoms with van der Waals surface area (Å²) in [6.07, 6.45) is 0. The van der Waals surface area contributed by atoms with Crippen LogP contribution < -0.4 is 5.32 Å². The molecule has 7 nitrogen and oxygen atoms in total. The summed E-state index contributed by atoms with van der Waals surface area (Å²) in [6, 6.07) is 12.9. The minimum atomic E-state index is -0.297. The number of thiazole rings is 1. The van der Waals surface area contributed by atoms with E-state index < -0.39 is 0 Å². The number of nitrogens with one attached hydrogen (secondary N) is 1. The van der Waals surface area contributed by atoms with Crippen LogP contribution in [-0.2, 0) is 6.54 Å². The number of halogens is 1. The van der Waals surface area contributed by atoms with Gasteiger partial charge in [-0.1, -0.05) is 29.8 Å². The summed E-state index contributed by atoms with van der Waals surface area (Å²) in [5, 5.41) is 16.9. The first-order chi connectivity index (χ1) is 14.4. The van der Waals surface area contributed by atoms with E-state index >= 15 is 0 Å². The third-order valence-corrected chi connectivity index (χ3v) is 6.04. The summed E-state index contributed by atoms with van der Waals surface area (Å²) in [5.41, 5.74) is 3.84. The normalized spacial score (nSPS) is 10.9. The number of hydrogen-bond acceptors (Lipinski definition) is 6. The lowest BCUT2D eigenvalue weighted by Crippen LogP contribution is -2.24. The van der Waals surface area contributed by atoms with Crippen molar-refractivity contribution >= 4 is 28.8 Å². The average molecular weight is 439 g/mol. The van der Waals surface area contributed by atoms with Gasteiger partial charge < -0.3 is 5.32 Å². The maximum atomic E-state index is 12.5. The number of benzene rings is 1. The Morgan fingerprint density at radius 3 is 2.60 bits per heavy atom. The fraction of sp³-hybridized carbons (Fsp3) is 0.190. The van der Waals surface area contributed by atoms with Crippen LogP contribution >= 0.6 is 22.9 Å². The molecule has 0 saturated carbocycles. The Morgan fingerprint density at radius 1 is 1.13 bits per heavy atom. The predicted molar refractivity (Wildman–Crippen MR) is 117 cm³/mol. The molecule has 30 heavy (non-hydrogen) atoms. The molecule has 0 radical (unpaired) electrons. The lowest BCUT2D eigenvalue weighted by Gasteiger charge is -2.05. The van der Waals surface area contributed by atoms with Gasteiger partial charge in [-0.2, -0.15) is 5.10 Å². The smallest absolute Gasteiger partial charge is 0.272 e. The summed E-state index contributed by atoms with van der Waals surface area (Å²) >= 11 is 7.78.